The lowest BCUT2D eigenvalue weighted by atomic mass is 9.92. The van der Waals surface area contributed by atoms with Gasteiger partial charge in [0, 0.05) is 22.9 Å². The van der Waals surface area contributed by atoms with Crippen LogP contribution in [0.15, 0.2) is 90.3 Å². The van der Waals surface area contributed by atoms with Gasteiger partial charge in [0.1, 0.15) is 17.4 Å². The Bertz CT molecular complexity index is 1460. The third-order valence-electron chi connectivity index (χ3n) is 6.89. The van der Waals surface area contributed by atoms with Gasteiger partial charge in [-0.15, -0.1) is 11.3 Å². The molecule has 0 radical (unpaired) electrons. The number of thiazole rings is 1. The fourth-order valence-electron chi connectivity index (χ4n) is 4.70. The molecule has 1 unspecified atom stereocenters. The number of hydrogen-bond acceptors (Lipinski definition) is 7. The van der Waals surface area contributed by atoms with Crippen molar-refractivity contribution in [3.05, 3.63) is 113 Å². The van der Waals surface area contributed by atoms with Gasteiger partial charge in [-0.25, -0.2) is 9.78 Å². The molecule has 4 aromatic rings. The molecule has 6 nitrogen and oxygen atoms in total. The van der Waals surface area contributed by atoms with Crippen molar-refractivity contribution >= 4 is 29.4 Å². The molecule has 224 valence electrons. The number of nitrogens with zero attached hydrogens (tertiary/aromatic N) is 1. The number of ether oxygens (including phenoxy) is 3. The maximum absolute atomic E-state index is 12.1. The minimum Gasteiger partial charge on any atom is -0.487 e. The van der Waals surface area contributed by atoms with Crippen molar-refractivity contribution in [1.82, 2.24) is 4.98 Å². The van der Waals surface area contributed by atoms with Crippen molar-refractivity contribution in [2.75, 3.05) is 13.2 Å². The quantitative estimate of drug-likeness (QED) is 0.0952. The second-order valence-corrected chi connectivity index (χ2v) is 11.0. The average Bonchev–Trinajstić information content (AvgIpc) is 3.51. The summed E-state index contributed by atoms with van der Waals surface area (Å²) in [7, 11) is 0. The van der Waals surface area contributed by atoms with Crippen LogP contribution in [0.3, 0.4) is 0 Å². The summed E-state index contributed by atoms with van der Waals surface area (Å²) in [5.74, 6) is 0.574. The van der Waals surface area contributed by atoms with Crippen LogP contribution in [-0.2, 0) is 27.3 Å². The van der Waals surface area contributed by atoms with E-state index >= 15 is 0 Å². The van der Waals surface area contributed by atoms with E-state index in [0.29, 0.717) is 31.8 Å². The smallest absolute Gasteiger partial charge is 0.338 e. The van der Waals surface area contributed by atoms with Gasteiger partial charge < -0.3 is 14.2 Å². The fourth-order valence-corrected chi connectivity index (χ4v) is 5.51. The molecule has 0 aliphatic rings. The van der Waals surface area contributed by atoms with Gasteiger partial charge in [0.15, 0.2) is 0 Å². The lowest BCUT2D eigenvalue weighted by Gasteiger charge is -2.14. The lowest BCUT2D eigenvalue weighted by molar-refractivity contribution is -0.143. The maximum Gasteiger partial charge on any atom is 0.338 e. The van der Waals surface area contributed by atoms with Gasteiger partial charge >= 0.3 is 11.9 Å². The topological polar surface area (TPSA) is 74.7 Å². The highest BCUT2D eigenvalue weighted by Gasteiger charge is 2.12. The first-order valence-electron chi connectivity index (χ1n) is 14.9. The molecule has 0 bridgehead atoms. The molecule has 1 aromatic heterocycles. The van der Waals surface area contributed by atoms with E-state index in [-0.39, 0.29) is 17.9 Å². The van der Waals surface area contributed by atoms with Gasteiger partial charge in [-0.2, -0.15) is 0 Å². The summed E-state index contributed by atoms with van der Waals surface area (Å²) in [4.78, 5) is 28.6. The van der Waals surface area contributed by atoms with Gasteiger partial charge in [-0.3, -0.25) is 4.79 Å². The first kappa shape index (κ1) is 31.7. The average molecular weight is 598 g/mol. The summed E-state index contributed by atoms with van der Waals surface area (Å²) in [5, 5.41) is 3.02. The number of benzene rings is 3. The van der Waals surface area contributed by atoms with Crippen LogP contribution < -0.4 is 4.74 Å². The Kier molecular flexibility index (Phi) is 12.5. The van der Waals surface area contributed by atoms with E-state index in [9.17, 15) is 9.59 Å². The minimum atomic E-state index is -0.310. The molecular formula is C36H39NO5S. The zero-order valence-electron chi connectivity index (χ0n) is 24.9. The molecule has 7 heteroatoms. The number of para-hydroxylation sites is 1. The predicted molar refractivity (Wildman–Crippen MR) is 172 cm³/mol. The maximum atomic E-state index is 12.1. The van der Waals surface area contributed by atoms with Crippen molar-refractivity contribution in [3.8, 4) is 16.3 Å². The summed E-state index contributed by atoms with van der Waals surface area (Å²) < 4.78 is 16.4. The Morgan fingerprint density at radius 2 is 1.63 bits per heavy atom. The molecule has 43 heavy (non-hydrogen) atoms. The lowest BCUT2D eigenvalue weighted by Crippen LogP contribution is -2.06. The van der Waals surface area contributed by atoms with Crippen molar-refractivity contribution in [3.63, 3.8) is 0 Å². The Balaban J connectivity index is 1.42. The highest BCUT2D eigenvalue weighted by atomic mass is 32.1. The fraction of sp³-hybridized carbons (Fsp3) is 0.306. The van der Waals surface area contributed by atoms with Crippen LogP contribution in [0.1, 0.15) is 66.7 Å². The second-order valence-electron chi connectivity index (χ2n) is 10.1. The third-order valence-corrected chi connectivity index (χ3v) is 7.83. The molecule has 0 amide bonds. The number of unbranched alkanes of at least 4 members (excludes halogenated alkanes) is 1. The number of hydrogen-bond donors (Lipinski definition) is 0. The van der Waals surface area contributed by atoms with Gasteiger partial charge in [0.05, 0.1) is 24.5 Å². The molecule has 1 atom stereocenters. The van der Waals surface area contributed by atoms with Crippen LogP contribution in [0.25, 0.3) is 16.6 Å². The molecule has 4 rings (SSSR count). The SMILES string of the molecule is CCOC(=O)CCCCC(/C=C/c1ccccc1OCc1csc(-c2ccccc2)n1)Cc1ccc(C(=O)OCC)cc1. The molecule has 0 spiro atoms. The second kappa shape index (κ2) is 17.0. The number of rotatable bonds is 16. The molecular weight excluding hydrogens is 558 g/mol. The van der Waals surface area contributed by atoms with Crippen molar-refractivity contribution < 1.29 is 23.8 Å². The molecule has 3 aromatic carbocycles. The van der Waals surface area contributed by atoms with E-state index in [2.05, 4.69) is 24.3 Å². The van der Waals surface area contributed by atoms with Gasteiger partial charge in [-0.1, -0.05) is 79.2 Å². The minimum absolute atomic E-state index is 0.147. The van der Waals surface area contributed by atoms with Crippen LogP contribution in [0, 0.1) is 5.92 Å². The number of carbonyl (C=O) groups excluding carboxylic acids is 2. The Morgan fingerprint density at radius 1 is 0.884 bits per heavy atom. The van der Waals surface area contributed by atoms with Gasteiger partial charge in [0.25, 0.3) is 0 Å². The highest BCUT2D eigenvalue weighted by Crippen LogP contribution is 2.27. The molecule has 0 saturated heterocycles. The molecule has 0 fully saturated rings. The van der Waals surface area contributed by atoms with E-state index in [1.807, 2.05) is 79.0 Å². The van der Waals surface area contributed by atoms with E-state index in [0.717, 1.165) is 58.8 Å². The first-order valence-corrected chi connectivity index (χ1v) is 15.7. The Hall–Kier alpha value is -4.23. The third kappa shape index (κ3) is 10.2. The summed E-state index contributed by atoms with van der Waals surface area (Å²) in [6.07, 6.45) is 8.18. The van der Waals surface area contributed by atoms with Crippen LogP contribution in [0.5, 0.6) is 5.75 Å². The molecule has 0 aliphatic heterocycles. The summed E-state index contributed by atoms with van der Waals surface area (Å²) in [6.45, 7) is 4.77. The Morgan fingerprint density at radius 3 is 2.40 bits per heavy atom. The Labute approximate surface area is 258 Å². The molecule has 1 heterocycles. The van der Waals surface area contributed by atoms with Crippen LogP contribution in [-0.4, -0.2) is 30.1 Å². The van der Waals surface area contributed by atoms with E-state index < -0.39 is 0 Å². The summed E-state index contributed by atoms with van der Waals surface area (Å²) in [6, 6.07) is 25.8. The summed E-state index contributed by atoms with van der Waals surface area (Å²) >= 11 is 1.62. The number of allylic oxidation sites excluding steroid dienone is 1. The van der Waals surface area contributed by atoms with Crippen molar-refractivity contribution in [2.24, 2.45) is 5.92 Å². The summed E-state index contributed by atoms with van der Waals surface area (Å²) in [5.41, 5.74) is 4.68. The highest BCUT2D eigenvalue weighted by molar-refractivity contribution is 7.13. The van der Waals surface area contributed by atoms with Crippen molar-refractivity contribution in [2.45, 2.75) is 52.6 Å². The standard InChI is InChI=1S/C36H39NO5S/c1-3-40-34(38)17-11-8-12-27(24-28-19-22-31(23-20-28)36(39)41-4-2)18-21-29-13-9-10-16-33(29)42-25-32-26-43-35(37-32)30-14-6-5-7-15-30/h5-7,9-10,13-16,18-23,26-27H,3-4,8,11-12,17,24-25H2,1-2H3/b21-18+. The van der Waals surface area contributed by atoms with Crippen molar-refractivity contribution in [1.29, 1.82) is 0 Å². The number of aromatic nitrogens is 1. The molecule has 0 aliphatic carbocycles. The first-order chi connectivity index (χ1) is 21.1. The van der Waals surface area contributed by atoms with E-state index in [4.69, 9.17) is 19.2 Å². The van der Waals surface area contributed by atoms with E-state index in [1.54, 1.807) is 18.3 Å². The van der Waals surface area contributed by atoms with Gasteiger partial charge in [0.2, 0.25) is 0 Å². The van der Waals surface area contributed by atoms with Gasteiger partial charge in [-0.05, 0) is 62.8 Å². The largest absolute Gasteiger partial charge is 0.487 e. The van der Waals surface area contributed by atoms with Crippen LogP contribution >= 0.6 is 11.3 Å². The normalized spacial score (nSPS) is 11.8. The number of esters is 2. The monoisotopic (exact) mass is 597 g/mol. The van der Waals surface area contributed by atoms with Crippen LogP contribution in [0.4, 0.5) is 0 Å². The molecule has 0 saturated carbocycles. The molecule has 0 N–H and O–H groups in total. The zero-order valence-corrected chi connectivity index (χ0v) is 25.7. The zero-order chi connectivity index (χ0) is 30.3. The predicted octanol–water partition coefficient (Wildman–Crippen LogP) is 8.56. The van der Waals surface area contributed by atoms with E-state index in [1.165, 1.54) is 0 Å². The number of carbonyl (C=O) groups is 2. The van der Waals surface area contributed by atoms with Crippen LogP contribution in [0.2, 0.25) is 0 Å².